The molecule has 14 rings (SSSR count). The Bertz CT molecular complexity index is 4080. The van der Waals surface area contributed by atoms with Crippen LogP contribution in [-0.4, -0.2) is 15.0 Å². The van der Waals surface area contributed by atoms with Gasteiger partial charge in [-0.05, 0) is 92.0 Å². The lowest BCUT2D eigenvalue weighted by Gasteiger charge is -2.34. The molecule has 1 aliphatic carbocycles. The van der Waals surface area contributed by atoms with Crippen LogP contribution in [-0.2, 0) is 5.41 Å². The lowest BCUT2D eigenvalue weighted by atomic mass is 9.67. The van der Waals surface area contributed by atoms with Gasteiger partial charge in [0.05, 0.1) is 5.41 Å². The molecule has 322 valence electrons. The van der Waals surface area contributed by atoms with Crippen LogP contribution in [0.4, 0.5) is 0 Å². The van der Waals surface area contributed by atoms with Gasteiger partial charge < -0.3 is 8.83 Å². The SMILES string of the molecule is c1ccc(-c2ccc(-c3nc(-c4ccc5c(c4)oc4ccccc45)nc(-c4cccc5oc6ccc(-c7cccc8c7-c7ccccc7C8(c7ccccc7)c7ccccc7)cc6c45)n3)cc2)cc1. The first kappa shape index (κ1) is 39.0. The highest BCUT2D eigenvalue weighted by Crippen LogP contribution is 2.58. The summed E-state index contributed by atoms with van der Waals surface area (Å²) in [4.78, 5) is 15.7. The second-order valence-corrected chi connectivity index (χ2v) is 17.8. The summed E-state index contributed by atoms with van der Waals surface area (Å²) in [7, 11) is 0. The minimum atomic E-state index is -0.505. The third kappa shape index (κ3) is 6.07. The van der Waals surface area contributed by atoms with Gasteiger partial charge >= 0.3 is 0 Å². The number of para-hydroxylation sites is 1. The number of benzene rings is 10. The Balaban J connectivity index is 0.962. The fourth-order valence-corrected chi connectivity index (χ4v) is 11.0. The lowest BCUT2D eigenvalue weighted by Crippen LogP contribution is -2.28. The Kier molecular flexibility index (Phi) is 8.73. The Hall–Kier alpha value is -9.19. The molecule has 0 N–H and O–H groups in total. The van der Waals surface area contributed by atoms with E-state index in [1.165, 1.54) is 33.4 Å². The van der Waals surface area contributed by atoms with Crippen LogP contribution in [0.2, 0.25) is 0 Å². The smallest absolute Gasteiger partial charge is 0.164 e. The van der Waals surface area contributed by atoms with Crippen LogP contribution in [0.3, 0.4) is 0 Å². The first-order valence-electron chi connectivity index (χ1n) is 23.3. The van der Waals surface area contributed by atoms with Crippen LogP contribution in [0.25, 0.3) is 111 Å². The maximum atomic E-state index is 6.68. The topological polar surface area (TPSA) is 65.0 Å². The third-order valence-electron chi connectivity index (χ3n) is 14.1. The van der Waals surface area contributed by atoms with E-state index >= 15 is 0 Å². The fourth-order valence-electron chi connectivity index (χ4n) is 11.0. The van der Waals surface area contributed by atoms with Crippen molar-refractivity contribution in [3.05, 3.63) is 259 Å². The van der Waals surface area contributed by atoms with Gasteiger partial charge in [0.1, 0.15) is 22.3 Å². The normalized spacial score (nSPS) is 12.8. The number of furan rings is 2. The van der Waals surface area contributed by atoms with Gasteiger partial charge in [-0.2, -0.15) is 0 Å². The minimum Gasteiger partial charge on any atom is -0.456 e. The highest BCUT2D eigenvalue weighted by atomic mass is 16.3. The van der Waals surface area contributed by atoms with Crippen molar-refractivity contribution in [3.8, 4) is 67.5 Å². The minimum absolute atomic E-state index is 0.505. The van der Waals surface area contributed by atoms with Crippen LogP contribution in [0, 0.1) is 0 Å². The summed E-state index contributed by atoms with van der Waals surface area (Å²) in [6.07, 6.45) is 0. The molecule has 0 atom stereocenters. The van der Waals surface area contributed by atoms with Crippen LogP contribution < -0.4 is 0 Å². The molecule has 69 heavy (non-hydrogen) atoms. The predicted molar refractivity (Wildman–Crippen MR) is 279 cm³/mol. The summed E-state index contributed by atoms with van der Waals surface area (Å²) in [6, 6.07) is 83.5. The molecule has 0 saturated carbocycles. The van der Waals surface area contributed by atoms with Gasteiger partial charge in [-0.1, -0.05) is 200 Å². The molecule has 0 aliphatic heterocycles. The van der Waals surface area contributed by atoms with Crippen molar-refractivity contribution in [2.45, 2.75) is 5.41 Å². The van der Waals surface area contributed by atoms with E-state index < -0.39 is 5.41 Å². The van der Waals surface area contributed by atoms with Crippen molar-refractivity contribution in [2.75, 3.05) is 0 Å². The third-order valence-corrected chi connectivity index (χ3v) is 14.1. The number of rotatable bonds is 7. The van der Waals surface area contributed by atoms with E-state index in [2.05, 4.69) is 194 Å². The molecule has 0 fully saturated rings. The van der Waals surface area contributed by atoms with Crippen molar-refractivity contribution < 1.29 is 8.83 Å². The highest BCUT2D eigenvalue weighted by molar-refractivity contribution is 6.13. The average Bonchev–Trinajstić information content (AvgIpc) is 4.09. The summed E-state index contributed by atoms with van der Waals surface area (Å²) in [5.74, 6) is 1.67. The van der Waals surface area contributed by atoms with Gasteiger partial charge in [-0.15, -0.1) is 0 Å². The molecule has 13 aromatic rings. The van der Waals surface area contributed by atoms with Crippen LogP contribution >= 0.6 is 0 Å². The van der Waals surface area contributed by atoms with Gasteiger partial charge in [0.15, 0.2) is 17.5 Å². The molecule has 1 aliphatic rings. The van der Waals surface area contributed by atoms with E-state index in [1.807, 2.05) is 42.5 Å². The van der Waals surface area contributed by atoms with Crippen molar-refractivity contribution in [2.24, 2.45) is 0 Å². The van der Waals surface area contributed by atoms with E-state index in [1.54, 1.807) is 0 Å². The van der Waals surface area contributed by atoms with Gasteiger partial charge in [-0.3, -0.25) is 0 Å². The molecular formula is C64H39N3O2. The number of hydrogen-bond acceptors (Lipinski definition) is 5. The first-order chi connectivity index (χ1) is 34.2. The lowest BCUT2D eigenvalue weighted by molar-refractivity contribution is 0.668. The number of fused-ring (bicyclic) bond motifs is 9. The number of hydrogen-bond donors (Lipinski definition) is 0. The standard InChI is InChI=1S/C64H39N3O2/c1-4-16-40(17-5-1)41-30-32-42(33-31-41)61-65-62(44-34-36-49-48-22-11-13-28-55(48)69-58(49)39-44)67-63(66-61)51-25-15-29-57-60(51)52-38-43(35-37-56(52)68-57)47-24-14-27-54-59(47)50-23-10-12-26-53(50)64(54,45-18-6-2-7-19-45)46-20-8-3-9-21-46/h1-39H. The molecular weight excluding hydrogens is 843 g/mol. The molecule has 0 unspecified atom stereocenters. The van der Waals surface area contributed by atoms with E-state index in [-0.39, 0.29) is 0 Å². The summed E-state index contributed by atoms with van der Waals surface area (Å²) in [6.45, 7) is 0. The Morgan fingerprint density at radius 1 is 0.290 bits per heavy atom. The molecule has 10 aromatic carbocycles. The summed E-state index contributed by atoms with van der Waals surface area (Å²) < 4.78 is 13.0. The molecule has 0 radical (unpaired) electrons. The molecule has 5 nitrogen and oxygen atoms in total. The quantitative estimate of drug-likeness (QED) is 0.160. The monoisotopic (exact) mass is 881 g/mol. The zero-order chi connectivity index (χ0) is 45.5. The second kappa shape index (κ2) is 15.4. The van der Waals surface area contributed by atoms with Gasteiger partial charge in [0.25, 0.3) is 0 Å². The molecule has 5 heteroatoms. The average molecular weight is 882 g/mol. The van der Waals surface area contributed by atoms with Crippen molar-refractivity contribution in [1.29, 1.82) is 0 Å². The van der Waals surface area contributed by atoms with Crippen molar-refractivity contribution in [3.63, 3.8) is 0 Å². The molecule has 3 heterocycles. The largest absolute Gasteiger partial charge is 0.456 e. The van der Waals surface area contributed by atoms with Gasteiger partial charge in [0.2, 0.25) is 0 Å². The Labute approximate surface area is 397 Å². The van der Waals surface area contributed by atoms with Gasteiger partial charge in [-0.25, -0.2) is 15.0 Å². The predicted octanol–water partition coefficient (Wildman–Crippen LogP) is 16.4. The van der Waals surface area contributed by atoms with Crippen molar-refractivity contribution >= 4 is 43.9 Å². The van der Waals surface area contributed by atoms with Crippen LogP contribution in [0.5, 0.6) is 0 Å². The van der Waals surface area contributed by atoms with E-state index in [0.29, 0.717) is 17.5 Å². The Morgan fingerprint density at radius 3 is 1.61 bits per heavy atom. The highest BCUT2D eigenvalue weighted by Gasteiger charge is 2.46. The number of nitrogens with zero attached hydrogens (tertiary/aromatic N) is 3. The second-order valence-electron chi connectivity index (χ2n) is 17.8. The molecule has 0 saturated heterocycles. The molecule has 0 amide bonds. The van der Waals surface area contributed by atoms with E-state index in [9.17, 15) is 0 Å². The zero-order valence-electron chi connectivity index (χ0n) is 37.2. The Morgan fingerprint density at radius 2 is 0.812 bits per heavy atom. The molecule has 0 bridgehead atoms. The van der Waals surface area contributed by atoms with Gasteiger partial charge in [0, 0.05) is 38.2 Å². The van der Waals surface area contributed by atoms with Crippen LogP contribution in [0.15, 0.2) is 245 Å². The van der Waals surface area contributed by atoms with E-state index in [0.717, 1.165) is 82.8 Å². The molecule has 0 spiro atoms. The maximum absolute atomic E-state index is 6.68. The molecule has 3 aromatic heterocycles. The number of aromatic nitrogens is 3. The maximum Gasteiger partial charge on any atom is 0.164 e. The van der Waals surface area contributed by atoms with E-state index in [4.69, 9.17) is 23.8 Å². The van der Waals surface area contributed by atoms with Crippen LogP contribution in [0.1, 0.15) is 22.3 Å². The first-order valence-corrected chi connectivity index (χ1v) is 23.3. The fraction of sp³-hybridized carbons (Fsp3) is 0.0156. The summed E-state index contributed by atoms with van der Waals surface area (Å²) in [5.41, 5.74) is 17.2. The summed E-state index contributed by atoms with van der Waals surface area (Å²) >= 11 is 0. The van der Waals surface area contributed by atoms with Crippen molar-refractivity contribution in [1.82, 2.24) is 15.0 Å². The zero-order valence-corrected chi connectivity index (χ0v) is 37.2. The summed E-state index contributed by atoms with van der Waals surface area (Å²) in [5, 5.41) is 4.05.